The Morgan fingerprint density at radius 3 is 2.47 bits per heavy atom. The van der Waals surface area contributed by atoms with Crippen LogP contribution in [0.4, 0.5) is 10.1 Å². The first-order chi connectivity index (χ1) is 14.5. The van der Waals surface area contributed by atoms with Crippen LogP contribution in [0.15, 0.2) is 78.4 Å². The topological polar surface area (TPSA) is 58.6 Å². The van der Waals surface area contributed by atoms with Crippen LogP contribution in [0.3, 0.4) is 0 Å². The lowest BCUT2D eigenvalue weighted by Gasteiger charge is -2.14. The third kappa shape index (κ3) is 4.18. The molecule has 0 spiro atoms. The highest BCUT2D eigenvalue weighted by Gasteiger charge is 2.34. The molecule has 4 rings (SSSR count). The smallest absolute Gasteiger partial charge is 0.282 e. The molecular formula is C23H16ClFN2O3. The normalized spacial score (nSPS) is 14.9. The molecule has 1 saturated heterocycles. The Balaban J connectivity index is 1.61. The fourth-order valence-electron chi connectivity index (χ4n) is 2.98. The van der Waals surface area contributed by atoms with Gasteiger partial charge in [0.2, 0.25) is 0 Å². The van der Waals surface area contributed by atoms with Crippen molar-refractivity contribution in [3.05, 3.63) is 100 Å². The van der Waals surface area contributed by atoms with Crippen molar-refractivity contribution in [1.82, 2.24) is 5.43 Å². The number of carbonyl (C=O) groups is 2. The van der Waals surface area contributed by atoms with E-state index in [4.69, 9.17) is 16.3 Å². The Hall–Kier alpha value is -3.64. The number of rotatable bonds is 5. The van der Waals surface area contributed by atoms with Crippen molar-refractivity contribution in [1.29, 1.82) is 0 Å². The molecule has 5 nitrogen and oxygen atoms in total. The van der Waals surface area contributed by atoms with Gasteiger partial charge in [0.25, 0.3) is 11.8 Å². The number of nitrogens with one attached hydrogen (secondary N) is 1. The Bertz CT molecular complexity index is 1130. The zero-order valence-corrected chi connectivity index (χ0v) is 16.4. The van der Waals surface area contributed by atoms with Gasteiger partial charge in [-0.2, -0.15) is 0 Å². The van der Waals surface area contributed by atoms with Crippen LogP contribution in [0.25, 0.3) is 6.08 Å². The van der Waals surface area contributed by atoms with Gasteiger partial charge in [-0.1, -0.05) is 41.9 Å². The SMILES string of the molecule is O=C1NN(c2ccccc2)C(=O)C1=Cc1cc(Cl)ccc1OCc1ccc(F)cc1. The van der Waals surface area contributed by atoms with Crippen molar-refractivity contribution in [3.63, 3.8) is 0 Å². The molecule has 1 aliphatic rings. The summed E-state index contributed by atoms with van der Waals surface area (Å²) in [5.41, 5.74) is 4.33. The van der Waals surface area contributed by atoms with Gasteiger partial charge in [0.1, 0.15) is 23.7 Å². The molecule has 7 heteroatoms. The maximum absolute atomic E-state index is 13.1. The average Bonchev–Trinajstić information content (AvgIpc) is 3.03. The lowest BCUT2D eigenvalue weighted by atomic mass is 10.1. The Morgan fingerprint density at radius 1 is 1.00 bits per heavy atom. The minimum atomic E-state index is -0.520. The van der Waals surface area contributed by atoms with Crippen molar-refractivity contribution in [2.45, 2.75) is 6.61 Å². The first kappa shape index (κ1) is 19.7. The largest absolute Gasteiger partial charge is 0.488 e. The molecule has 1 heterocycles. The Labute approximate surface area is 177 Å². The van der Waals surface area contributed by atoms with Gasteiger partial charge in [0.05, 0.1) is 5.69 Å². The first-order valence-electron chi connectivity index (χ1n) is 9.10. The molecule has 0 saturated carbocycles. The van der Waals surface area contributed by atoms with Gasteiger partial charge in [-0.3, -0.25) is 15.0 Å². The number of para-hydroxylation sites is 1. The summed E-state index contributed by atoms with van der Waals surface area (Å²) in [5, 5.41) is 1.62. The number of ether oxygens (including phenoxy) is 1. The number of hydrogen-bond acceptors (Lipinski definition) is 3. The van der Waals surface area contributed by atoms with Crippen LogP contribution in [-0.2, 0) is 16.2 Å². The molecule has 150 valence electrons. The highest BCUT2D eigenvalue weighted by molar-refractivity contribution is 6.32. The van der Waals surface area contributed by atoms with Crippen LogP contribution in [0.1, 0.15) is 11.1 Å². The summed E-state index contributed by atoms with van der Waals surface area (Å²) in [6.07, 6.45) is 1.45. The third-order valence-electron chi connectivity index (χ3n) is 4.49. The van der Waals surface area contributed by atoms with Crippen LogP contribution < -0.4 is 15.2 Å². The van der Waals surface area contributed by atoms with E-state index in [-0.39, 0.29) is 18.0 Å². The minimum absolute atomic E-state index is 0.0345. The first-order valence-corrected chi connectivity index (χ1v) is 9.48. The molecule has 0 bridgehead atoms. The molecule has 3 aromatic carbocycles. The lowest BCUT2D eigenvalue weighted by molar-refractivity contribution is -0.117. The number of benzene rings is 3. The molecule has 0 aromatic heterocycles. The second-order valence-electron chi connectivity index (χ2n) is 6.57. The predicted octanol–water partition coefficient (Wildman–Crippen LogP) is 4.52. The Morgan fingerprint density at radius 2 is 1.73 bits per heavy atom. The molecule has 0 aliphatic carbocycles. The summed E-state index contributed by atoms with van der Waals surface area (Å²) >= 11 is 6.11. The summed E-state index contributed by atoms with van der Waals surface area (Å²) in [6, 6.07) is 19.7. The van der Waals surface area contributed by atoms with Gasteiger partial charge >= 0.3 is 0 Å². The van der Waals surface area contributed by atoms with E-state index in [9.17, 15) is 14.0 Å². The number of nitrogens with zero attached hydrogens (tertiary/aromatic N) is 1. The van der Waals surface area contributed by atoms with E-state index in [2.05, 4.69) is 5.43 Å². The monoisotopic (exact) mass is 422 g/mol. The van der Waals surface area contributed by atoms with Gasteiger partial charge < -0.3 is 4.74 Å². The quantitative estimate of drug-likeness (QED) is 0.486. The van der Waals surface area contributed by atoms with Gasteiger partial charge in [-0.05, 0) is 54.1 Å². The van der Waals surface area contributed by atoms with Crippen LogP contribution in [-0.4, -0.2) is 11.8 Å². The van der Waals surface area contributed by atoms with E-state index >= 15 is 0 Å². The van der Waals surface area contributed by atoms with Crippen molar-refractivity contribution >= 4 is 35.2 Å². The van der Waals surface area contributed by atoms with Gasteiger partial charge in [0.15, 0.2) is 0 Å². The zero-order valence-electron chi connectivity index (χ0n) is 15.6. The van der Waals surface area contributed by atoms with E-state index in [1.165, 1.54) is 23.2 Å². The van der Waals surface area contributed by atoms with E-state index in [1.807, 2.05) is 6.07 Å². The summed E-state index contributed by atoms with van der Waals surface area (Å²) in [5.74, 6) is -0.886. The third-order valence-corrected chi connectivity index (χ3v) is 4.72. The molecule has 0 unspecified atom stereocenters. The van der Waals surface area contributed by atoms with E-state index < -0.39 is 11.8 Å². The van der Waals surface area contributed by atoms with Gasteiger partial charge in [-0.25, -0.2) is 9.40 Å². The van der Waals surface area contributed by atoms with Crippen LogP contribution in [0.5, 0.6) is 5.75 Å². The summed E-state index contributed by atoms with van der Waals surface area (Å²) in [7, 11) is 0. The van der Waals surface area contributed by atoms with Crippen molar-refractivity contribution in [3.8, 4) is 5.75 Å². The molecule has 0 radical (unpaired) electrons. The van der Waals surface area contributed by atoms with Crippen molar-refractivity contribution in [2.75, 3.05) is 5.01 Å². The average molecular weight is 423 g/mol. The van der Waals surface area contributed by atoms with Gasteiger partial charge in [0, 0.05) is 10.6 Å². The lowest BCUT2D eigenvalue weighted by Crippen LogP contribution is -2.35. The van der Waals surface area contributed by atoms with Gasteiger partial charge in [-0.15, -0.1) is 0 Å². The molecule has 1 aliphatic heterocycles. The van der Waals surface area contributed by atoms with Crippen LogP contribution >= 0.6 is 11.6 Å². The number of hydrazine groups is 1. The second kappa shape index (κ2) is 8.39. The zero-order chi connectivity index (χ0) is 21.1. The standard InChI is InChI=1S/C23H16ClFN2O3/c24-17-8-11-21(30-14-15-6-9-18(25)10-7-15)16(12-17)13-20-22(28)26-27(23(20)29)19-4-2-1-3-5-19/h1-13H,14H2,(H,26,28). The predicted molar refractivity (Wildman–Crippen MR) is 112 cm³/mol. The number of halogens is 2. The Kier molecular flexibility index (Phi) is 5.50. The van der Waals surface area contributed by atoms with Crippen molar-refractivity contribution in [2.24, 2.45) is 0 Å². The molecule has 3 aromatic rings. The van der Waals surface area contributed by atoms with E-state index in [0.29, 0.717) is 22.0 Å². The highest BCUT2D eigenvalue weighted by Crippen LogP contribution is 2.28. The fourth-order valence-corrected chi connectivity index (χ4v) is 3.16. The summed E-state index contributed by atoms with van der Waals surface area (Å²) in [4.78, 5) is 25.2. The van der Waals surface area contributed by atoms with E-state index in [1.54, 1.807) is 54.6 Å². The fraction of sp³-hybridized carbons (Fsp3) is 0.0435. The number of anilines is 1. The summed E-state index contributed by atoms with van der Waals surface area (Å²) < 4.78 is 18.9. The molecule has 0 atom stereocenters. The van der Waals surface area contributed by atoms with Crippen LogP contribution in [0.2, 0.25) is 5.02 Å². The molecule has 2 amide bonds. The number of amides is 2. The molecule has 30 heavy (non-hydrogen) atoms. The summed E-state index contributed by atoms with van der Waals surface area (Å²) in [6.45, 7) is 0.189. The molecular weight excluding hydrogens is 407 g/mol. The van der Waals surface area contributed by atoms with Crippen LogP contribution in [0, 0.1) is 5.82 Å². The maximum atomic E-state index is 13.1. The minimum Gasteiger partial charge on any atom is -0.488 e. The maximum Gasteiger partial charge on any atom is 0.282 e. The molecule has 1 N–H and O–H groups in total. The van der Waals surface area contributed by atoms with Crippen molar-refractivity contribution < 1.29 is 18.7 Å². The number of hydrogen-bond donors (Lipinski definition) is 1. The second-order valence-corrected chi connectivity index (χ2v) is 7.01. The molecule has 1 fully saturated rings. The highest BCUT2D eigenvalue weighted by atomic mass is 35.5. The van der Waals surface area contributed by atoms with E-state index in [0.717, 1.165) is 5.56 Å². The number of carbonyl (C=O) groups excluding carboxylic acids is 2.